The Balaban J connectivity index is 2.03. The standard InChI is InChI=1S/C17H21N3S/c1-12-9-13(11-17(2,3)10-12)18-19-16-20(4)14-7-5-6-8-15(14)21-16/h5-9H,10-11H2,1-4H3/b18-13+,19-16+. The summed E-state index contributed by atoms with van der Waals surface area (Å²) in [5.74, 6) is 0. The number of hydrogen-bond acceptors (Lipinski definition) is 3. The molecule has 2 aromatic rings. The number of allylic oxidation sites excluding steroid dienone is 2. The maximum absolute atomic E-state index is 4.51. The first kappa shape index (κ1) is 14.3. The molecule has 0 N–H and O–H groups in total. The Morgan fingerprint density at radius 3 is 2.62 bits per heavy atom. The van der Waals surface area contributed by atoms with Gasteiger partial charge < -0.3 is 4.57 Å². The van der Waals surface area contributed by atoms with Gasteiger partial charge in [0.05, 0.1) is 15.9 Å². The van der Waals surface area contributed by atoms with E-state index in [4.69, 9.17) is 0 Å². The van der Waals surface area contributed by atoms with Crippen LogP contribution in [0.5, 0.6) is 0 Å². The van der Waals surface area contributed by atoms with Gasteiger partial charge in [-0.25, -0.2) is 0 Å². The summed E-state index contributed by atoms with van der Waals surface area (Å²) in [5, 5.41) is 9.00. The Morgan fingerprint density at radius 2 is 1.90 bits per heavy atom. The first-order valence-electron chi connectivity index (χ1n) is 7.27. The topological polar surface area (TPSA) is 29.6 Å². The van der Waals surface area contributed by atoms with Gasteiger partial charge in [0, 0.05) is 7.05 Å². The van der Waals surface area contributed by atoms with E-state index in [2.05, 4.69) is 65.9 Å². The lowest BCUT2D eigenvalue weighted by atomic mass is 9.77. The molecule has 1 aromatic heterocycles. The first-order valence-corrected chi connectivity index (χ1v) is 8.09. The minimum absolute atomic E-state index is 0.287. The summed E-state index contributed by atoms with van der Waals surface area (Å²) in [4.78, 5) is 0.943. The number of fused-ring (bicyclic) bond motifs is 1. The normalized spacial score (nSPS) is 21.0. The van der Waals surface area contributed by atoms with Gasteiger partial charge in [0.25, 0.3) is 0 Å². The highest BCUT2D eigenvalue weighted by molar-refractivity contribution is 7.16. The Kier molecular flexibility index (Phi) is 3.57. The number of thiazole rings is 1. The molecule has 1 heterocycles. The van der Waals surface area contributed by atoms with Crippen molar-refractivity contribution in [1.29, 1.82) is 0 Å². The smallest absolute Gasteiger partial charge is 0.211 e. The van der Waals surface area contributed by atoms with E-state index in [1.807, 2.05) is 7.05 Å². The van der Waals surface area contributed by atoms with Crippen LogP contribution < -0.4 is 4.80 Å². The average Bonchev–Trinajstić information content (AvgIpc) is 2.72. The molecule has 0 amide bonds. The van der Waals surface area contributed by atoms with E-state index in [0.29, 0.717) is 0 Å². The van der Waals surface area contributed by atoms with Gasteiger partial charge in [-0.15, -0.1) is 5.10 Å². The molecule has 3 nitrogen and oxygen atoms in total. The molecule has 0 saturated heterocycles. The molecule has 0 spiro atoms. The van der Waals surface area contributed by atoms with Crippen LogP contribution in [0, 0.1) is 5.41 Å². The van der Waals surface area contributed by atoms with Crippen molar-refractivity contribution in [2.24, 2.45) is 22.7 Å². The Bertz CT molecular complexity index is 803. The molecular weight excluding hydrogens is 278 g/mol. The van der Waals surface area contributed by atoms with Crippen molar-refractivity contribution in [3.05, 3.63) is 40.7 Å². The Labute approximate surface area is 129 Å². The third-order valence-corrected chi connectivity index (χ3v) is 4.91. The average molecular weight is 299 g/mol. The van der Waals surface area contributed by atoms with Gasteiger partial charge in [0.1, 0.15) is 0 Å². The van der Waals surface area contributed by atoms with Crippen LogP contribution in [0.3, 0.4) is 0 Å². The third-order valence-electron chi connectivity index (χ3n) is 3.81. The zero-order valence-corrected chi connectivity index (χ0v) is 13.9. The van der Waals surface area contributed by atoms with Crippen molar-refractivity contribution in [3.63, 3.8) is 0 Å². The van der Waals surface area contributed by atoms with Crippen LogP contribution in [0.4, 0.5) is 0 Å². The van der Waals surface area contributed by atoms with Crippen molar-refractivity contribution in [2.45, 2.75) is 33.6 Å². The van der Waals surface area contributed by atoms with Crippen LogP contribution in [0.1, 0.15) is 33.6 Å². The summed E-state index contributed by atoms with van der Waals surface area (Å²) in [7, 11) is 2.05. The number of benzene rings is 1. The summed E-state index contributed by atoms with van der Waals surface area (Å²) < 4.78 is 3.35. The second kappa shape index (κ2) is 5.26. The molecule has 21 heavy (non-hydrogen) atoms. The van der Waals surface area contributed by atoms with Gasteiger partial charge in [0.15, 0.2) is 0 Å². The Hall–Kier alpha value is -1.68. The maximum Gasteiger partial charge on any atom is 0.211 e. The lowest BCUT2D eigenvalue weighted by Gasteiger charge is -2.28. The summed E-state index contributed by atoms with van der Waals surface area (Å²) >= 11 is 1.68. The predicted octanol–water partition coefficient (Wildman–Crippen LogP) is 4.26. The van der Waals surface area contributed by atoms with Crippen molar-refractivity contribution >= 4 is 27.3 Å². The minimum Gasteiger partial charge on any atom is -0.318 e. The van der Waals surface area contributed by atoms with Gasteiger partial charge in [-0.1, -0.05) is 42.9 Å². The van der Waals surface area contributed by atoms with Gasteiger partial charge in [-0.2, -0.15) is 5.10 Å². The maximum atomic E-state index is 4.51. The quantitative estimate of drug-likeness (QED) is 0.704. The monoisotopic (exact) mass is 299 g/mol. The molecule has 1 aliphatic rings. The first-order chi connectivity index (χ1) is 9.94. The highest BCUT2D eigenvalue weighted by Gasteiger charge is 2.24. The van der Waals surface area contributed by atoms with Crippen LogP contribution in [0.25, 0.3) is 10.2 Å². The second-order valence-corrected chi connectivity index (χ2v) is 7.62. The van der Waals surface area contributed by atoms with E-state index < -0.39 is 0 Å². The lowest BCUT2D eigenvalue weighted by Crippen LogP contribution is -2.21. The molecule has 0 fully saturated rings. The predicted molar refractivity (Wildman–Crippen MR) is 90.6 cm³/mol. The molecule has 0 radical (unpaired) electrons. The SMILES string of the molecule is CC1=C/C(=N\N=c2\sc3ccccc3n2C)CC(C)(C)C1. The van der Waals surface area contributed by atoms with E-state index in [0.717, 1.165) is 23.4 Å². The number of aromatic nitrogens is 1. The largest absolute Gasteiger partial charge is 0.318 e. The van der Waals surface area contributed by atoms with Crippen LogP contribution in [0.2, 0.25) is 0 Å². The highest BCUT2D eigenvalue weighted by Crippen LogP contribution is 2.33. The lowest BCUT2D eigenvalue weighted by molar-refractivity contribution is 0.373. The fourth-order valence-electron chi connectivity index (χ4n) is 3.04. The molecule has 110 valence electrons. The van der Waals surface area contributed by atoms with Crippen LogP contribution >= 0.6 is 11.3 Å². The minimum atomic E-state index is 0.287. The third kappa shape index (κ3) is 3.00. The molecule has 1 aliphatic carbocycles. The summed E-state index contributed by atoms with van der Waals surface area (Å²) in [6.07, 6.45) is 4.31. The van der Waals surface area contributed by atoms with E-state index in [-0.39, 0.29) is 5.41 Å². The Morgan fingerprint density at radius 1 is 1.14 bits per heavy atom. The van der Waals surface area contributed by atoms with E-state index in [1.54, 1.807) is 11.3 Å². The molecular formula is C17H21N3S. The van der Waals surface area contributed by atoms with Gasteiger partial charge in [-0.05, 0) is 43.4 Å². The summed E-state index contributed by atoms with van der Waals surface area (Å²) in [5.41, 5.74) is 3.97. The molecule has 0 bridgehead atoms. The molecule has 1 aromatic carbocycles. The van der Waals surface area contributed by atoms with Crippen molar-refractivity contribution in [1.82, 2.24) is 4.57 Å². The molecule has 4 heteroatoms. The van der Waals surface area contributed by atoms with Crippen molar-refractivity contribution < 1.29 is 0 Å². The van der Waals surface area contributed by atoms with Gasteiger partial charge in [-0.3, -0.25) is 0 Å². The molecule has 0 atom stereocenters. The van der Waals surface area contributed by atoms with Crippen molar-refractivity contribution in [2.75, 3.05) is 0 Å². The zero-order valence-electron chi connectivity index (χ0n) is 13.1. The fourth-order valence-corrected chi connectivity index (χ4v) is 4.01. The number of para-hydroxylation sites is 1. The highest BCUT2D eigenvalue weighted by atomic mass is 32.1. The fraction of sp³-hybridized carbons (Fsp3) is 0.412. The van der Waals surface area contributed by atoms with Crippen LogP contribution in [-0.4, -0.2) is 10.3 Å². The van der Waals surface area contributed by atoms with E-state index in [1.165, 1.54) is 15.8 Å². The number of nitrogens with zero attached hydrogens (tertiary/aromatic N) is 3. The number of aryl methyl sites for hydroxylation is 1. The molecule has 0 aliphatic heterocycles. The van der Waals surface area contributed by atoms with Crippen LogP contribution in [0.15, 0.2) is 46.1 Å². The van der Waals surface area contributed by atoms with Crippen molar-refractivity contribution in [3.8, 4) is 0 Å². The zero-order chi connectivity index (χ0) is 15.0. The van der Waals surface area contributed by atoms with E-state index in [9.17, 15) is 0 Å². The van der Waals surface area contributed by atoms with Crippen LogP contribution in [-0.2, 0) is 7.05 Å². The molecule has 3 rings (SSSR count). The van der Waals surface area contributed by atoms with E-state index >= 15 is 0 Å². The summed E-state index contributed by atoms with van der Waals surface area (Å²) in [6, 6.07) is 8.36. The number of hydrogen-bond donors (Lipinski definition) is 0. The molecule has 0 unspecified atom stereocenters. The van der Waals surface area contributed by atoms with Gasteiger partial charge >= 0.3 is 0 Å². The van der Waals surface area contributed by atoms with Gasteiger partial charge in [0.2, 0.25) is 4.80 Å². The molecule has 0 saturated carbocycles. The summed E-state index contributed by atoms with van der Waals surface area (Å²) in [6.45, 7) is 6.76. The second-order valence-electron chi connectivity index (χ2n) is 6.61. The number of rotatable bonds is 1.